The van der Waals surface area contributed by atoms with Gasteiger partial charge >= 0.3 is 0 Å². The molecule has 0 aliphatic heterocycles. The van der Waals surface area contributed by atoms with Gasteiger partial charge in [-0.2, -0.15) is 0 Å². The number of carbonyl (C=O) groups is 1. The smallest absolute Gasteiger partial charge is 0.253 e. The van der Waals surface area contributed by atoms with Gasteiger partial charge in [-0.3, -0.25) is 14.5 Å². The summed E-state index contributed by atoms with van der Waals surface area (Å²) in [6, 6.07) is 1.98. The Morgan fingerprint density at radius 1 is 1.42 bits per heavy atom. The summed E-state index contributed by atoms with van der Waals surface area (Å²) in [4.78, 5) is 16.6. The number of hydrogen-bond donors (Lipinski definition) is 2. The second kappa shape index (κ2) is 7.53. The van der Waals surface area contributed by atoms with Gasteiger partial charge in [-0.25, -0.2) is 0 Å². The zero-order valence-corrected chi connectivity index (χ0v) is 15.6. The quantitative estimate of drug-likeness (QED) is 0.823. The summed E-state index contributed by atoms with van der Waals surface area (Å²) in [5.74, 6) is 0.265. The Labute approximate surface area is 153 Å². The van der Waals surface area contributed by atoms with Crippen molar-refractivity contribution in [3.8, 4) is 0 Å². The minimum atomic E-state index is -0.799. The third-order valence-electron chi connectivity index (χ3n) is 4.88. The molecular formula is C19H27N5O2. The molecule has 7 heteroatoms. The Kier molecular flexibility index (Phi) is 5.36. The number of rotatable bonds is 6. The Morgan fingerprint density at radius 2 is 2.23 bits per heavy atom. The van der Waals surface area contributed by atoms with Crippen LogP contribution in [0.3, 0.4) is 0 Å². The fourth-order valence-corrected chi connectivity index (χ4v) is 3.59. The maximum Gasteiger partial charge on any atom is 0.253 e. The molecule has 7 nitrogen and oxygen atoms in total. The van der Waals surface area contributed by atoms with E-state index in [2.05, 4.69) is 20.6 Å². The maximum atomic E-state index is 12.6. The van der Waals surface area contributed by atoms with Crippen molar-refractivity contribution in [2.45, 2.75) is 64.6 Å². The van der Waals surface area contributed by atoms with E-state index in [4.69, 9.17) is 0 Å². The summed E-state index contributed by atoms with van der Waals surface area (Å²) in [6.07, 6.45) is 8.79. The lowest BCUT2D eigenvalue weighted by atomic mass is 10.0. The van der Waals surface area contributed by atoms with E-state index in [9.17, 15) is 9.90 Å². The molecule has 2 aromatic heterocycles. The van der Waals surface area contributed by atoms with Crippen LogP contribution in [0.1, 0.15) is 54.7 Å². The lowest BCUT2D eigenvalue weighted by molar-refractivity contribution is 0.0798. The van der Waals surface area contributed by atoms with E-state index in [1.165, 1.54) is 0 Å². The van der Waals surface area contributed by atoms with E-state index < -0.39 is 5.60 Å². The van der Waals surface area contributed by atoms with Crippen LogP contribution in [0.2, 0.25) is 0 Å². The molecule has 2 aromatic rings. The molecule has 1 aliphatic carbocycles. The molecular weight excluding hydrogens is 330 g/mol. The van der Waals surface area contributed by atoms with Gasteiger partial charge in [0.2, 0.25) is 0 Å². The molecule has 140 valence electrons. The highest BCUT2D eigenvalue weighted by molar-refractivity contribution is 5.95. The van der Waals surface area contributed by atoms with Gasteiger partial charge in [-0.1, -0.05) is 11.6 Å². The molecule has 1 fully saturated rings. The predicted molar refractivity (Wildman–Crippen MR) is 97.6 cm³/mol. The fraction of sp³-hybridized carbons (Fsp3) is 0.579. The highest BCUT2D eigenvalue weighted by Gasteiger charge is 2.30. The Hall–Kier alpha value is -2.28. The molecule has 1 amide bonds. The van der Waals surface area contributed by atoms with Crippen LogP contribution in [0.25, 0.3) is 0 Å². The number of nitrogens with one attached hydrogen (secondary N) is 1. The van der Waals surface area contributed by atoms with Crippen LogP contribution in [0.4, 0.5) is 0 Å². The van der Waals surface area contributed by atoms with Crippen molar-refractivity contribution >= 4 is 5.91 Å². The summed E-state index contributed by atoms with van der Waals surface area (Å²) in [6.45, 7) is 6.15. The number of aromatic nitrogens is 4. The van der Waals surface area contributed by atoms with Gasteiger partial charge in [0, 0.05) is 37.6 Å². The fourth-order valence-electron chi connectivity index (χ4n) is 3.59. The molecule has 1 aliphatic rings. The topological polar surface area (TPSA) is 92.9 Å². The largest absolute Gasteiger partial charge is 0.390 e. The van der Waals surface area contributed by atoms with Crippen molar-refractivity contribution in [3.63, 3.8) is 0 Å². The van der Waals surface area contributed by atoms with E-state index in [1.807, 2.05) is 23.9 Å². The zero-order valence-electron chi connectivity index (χ0n) is 15.6. The zero-order chi connectivity index (χ0) is 18.7. The first kappa shape index (κ1) is 18.5. The van der Waals surface area contributed by atoms with Crippen LogP contribution >= 0.6 is 0 Å². The summed E-state index contributed by atoms with van der Waals surface area (Å²) in [5, 5.41) is 21.4. The molecule has 0 bridgehead atoms. The van der Waals surface area contributed by atoms with Crippen LogP contribution < -0.4 is 5.32 Å². The number of aryl methyl sites for hydroxylation is 1. The number of nitrogens with zero attached hydrogens (tertiary/aromatic N) is 4. The number of carbonyl (C=O) groups excluding carboxylic acids is 1. The van der Waals surface area contributed by atoms with Crippen molar-refractivity contribution in [3.05, 3.63) is 41.5 Å². The minimum absolute atomic E-state index is 0.0613. The van der Waals surface area contributed by atoms with Crippen LogP contribution in [0, 0.1) is 12.8 Å². The molecule has 3 rings (SSSR count). The predicted octanol–water partition coefficient (Wildman–Crippen LogP) is 1.89. The normalized spacial score (nSPS) is 20.3. The van der Waals surface area contributed by atoms with E-state index in [0.29, 0.717) is 17.9 Å². The van der Waals surface area contributed by atoms with E-state index in [1.54, 1.807) is 26.2 Å². The molecule has 0 radical (unpaired) electrons. The summed E-state index contributed by atoms with van der Waals surface area (Å²) in [7, 11) is 0. The number of hydrogen-bond acceptors (Lipinski definition) is 5. The van der Waals surface area contributed by atoms with Gasteiger partial charge < -0.3 is 10.4 Å². The second-order valence-electron chi connectivity index (χ2n) is 7.88. The first-order valence-corrected chi connectivity index (χ1v) is 9.15. The average molecular weight is 357 g/mol. The molecule has 0 saturated heterocycles. The van der Waals surface area contributed by atoms with Crippen molar-refractivity contribution in [2.24, 2.45) is 5.92 Å². The van der Waals surface area contributed by atoms with Crippen LogP contribution in [0.15, 0.2) is 24.7 Å². The van der Waals surface area contributed by atoms with Gasteiger partial charge in [0.15, 0.2) is 0 Å². The lowest BCUT2D eigenvalue weighted by Crippen LogP contribution is -2.39. The SMILES string of the molecule is Cc1ccncc1C(=O)N[C@@H]1CCC[C@@H]1Cn1cc(CC(C)(C)O)nn1. The van der Waals surface area contributed by atoms with Gasteiger partial charge in [0.25, 0.3) is 5.91 Å². The average Bonchev–Trinajstić information content (AvgIpc) is 3.16. The molecule has 0 spiro atoms. The summed E-state index contributed by atoms with van der Waals surface area (Å²) >= 11 is 0. The lowest BCUT2D eigenvalue weighted by Gasteiger charge is -2.21. The monoisotopic (exact) mass is 357 g/mol. The Morgan fingerprint density at radius 3 is 2.96 bits per heavy atom. The standard InChI is InChI=1S/C19H27N5O2/c1-13-7-8-20-10-16(13)18(25)21-17-6-4-5-14(17)11-24-12-15(22-23-24)9-19(2,3)26/h7-8,10,12,14,17,26H,4-6,9,11H2,1-3H3,(H,21,25)/t14-,17-/m1/s1. The van der Waals surface area contributed by atoms with Gasteiger partial charge in [0.05, 0.1) is 16.9 Å². The van der Waals surface area contributed by atoms with Crippen molar-refractivity contribution in [1.82, 2.24) is 25.3 Å². The second-order valence-corrected chi connectivity index (χ2v) is 7.88. The van der Waals surface area contributed by atoms with Crippen LogP contribution in [0.5, 0.6) is 0 Å². The van der Waals surface area contributed by atoms with Gasteiger partial charge in [-0.05, 0) is 51.2 Å². The number of amides is 1. The molecule has 2 N–H and O–H groups in total. The van der Waals surface area contributed by atoms with Crippen molar-refractivity contribution in [1.29, 1.82) is 0 Å². The van der Waals surface area contributed by atoms with E-state index >= 15 is 0 Å². The van der Waals surface area contributed by atoms with Gasteiger partial charge in [0.1, 0.15) is 0 Å². The summed E-state index contributed by atoms with van der Waals surface area (Å²) < 4.78 is 1.82. The van der Waals surface area contributed by atoms with E-state index in [-0.39, 0.29) is 11.9 Å². The van der Waals surface area contributed by atoms with Crippen molar-refractivity contribution in [2.75, 3.05) is 0 Å². The summed E-state index contributed by atoms with van der Waals surface area (Å²) in [5.41, 5.74) is 1.54. The van der Waals surface area contributed by atoms with Crippen LogP contribution in [-0.4, -0.2) is 42.6 Å². The highest BCUT2D eigenvalue weighted by Crippen LogP contribution is 2.27. The molecule has 0 unspecified atom stereocenters. The molecule has 0 aromatic carbocycles. The van der Waals surface area contributed by atoms with Crippen LogP contribution in [-0.2, 0) is 13.0 Å². The maximum absolute atomic E-state index is 12.6. The number of aliphatic hydroxyl groups is 1. The Balaban J connectivity index is 1.62. The molecule has 26 heavy (non-hydrogen) atoms. The highest BCUT2D eigenvalue weighted by atomic mass is 16.3. The molecule has 2 heterocycles. The molecule has 1 saturated carbocycles. The first-order valence-electron chi connectivity index (χ1n) is 9.15. The Bertz CT molecular complexity index is 765. The van der Waals surface area contributed by atoms with Crippen molar-refractivity contribution < 1.29 is 9.90 Å². The van der Waals surface area contributed by atoms with Gasteiger partial charge in [-0.15, -0.1) is 5.10 Å². The van der Waals surface area contributed by atoms with E-state index in [0.717, 1.165) is 37.1 Å². The third-order valence-corrected chi connectivity index (χ3v) is 4.88. The third kappa shape index (κ3) is 4.66. The minimum Gasteiger partial charge on any atom is -0.390 e. The number of pyridine rings is 1. The first-order chi connectivity index (χ1) is 12.3. The molecule has 2 atom stereocenters.